The molecule has 3 aromatic carbocycles. The Morgan fingerprint density at radius 3 is 1.87 bits per heavy atom. The number of hydrogen-bond donors (Lipinski definition) is 0. The van der Waals surface area contributed by atoms with E-state index in [0.717, 1.165) is 32.3 Å². The normalized spacial score (nSPS) is 10.5. The fourth-order valence-electron chi connectivity index (χ4n) is 3.72. The van der Waals surface area contributed by atoms with E-state index in [0.29, 0.717) is 11.2 Å². The standard InChI is InChI=1S/C24H8N4O2/c25-9-16(10-26)21-6-15-5-14-2-1-13-3-4-20-19(8-23(29-20)17(11-27)12-28)24(13)18(14)7-22(15)30-21/h1-8H. The van der Waals surface area contributed by atoms with E-state index in [1.807, 2.05) is 60.7 Å². The van der Waals surface area contributed by atoms with Crippen LogP contribution in [0.3, 0.4) is 0 Å². The quantitative estimate of drug-likeness (QED) is 0.373. The number of rotatable bonds is 0. The van der Waals surface area contributed by atoms with Gasteiger partial charge in [0, 0.05) is 16.2 Å². The van der Waals surface area contributed by atoms with Gasteiger partial charge in [-0.1, -0.05) is 18.2 Å². The zero-order valence-electron chi connectivity index (χ0n) is 15.2. The molecule has 5 aromatic rings. The summed E-state index contributed by atoms with van der Waals surface area (Å²) in [6.45, 7) is 0. The van der Waals surface area contributed by atoms with Gasteiger partial charge in [0.1, 0.15) is 35.4 Å². The van der Waals surface area contributed by atoms with Gasteiger partial charge < -0.3 is 8.83 Å². The van der Waals surface area contributed by atoms with Crippen LogP contribution in [-0.2, 0) is 0 Å². The van der Waals surface area contributed by atoms with Gasteiger partial charge in [0.15, 0.2) is 22.0 Å². The number of fused-ring (bicyclic) bond motifs is 6. The average molecular weight is 384 g/mol. The van der Waals surface area contributed by atoms with E-state index in [1.54, 1.807) is 12.1 Å². The fourth-order valence-corrected chi connectivity index (χ4v) is 3.72. The lowest BCUT2D eigenvalue weighted by molar-refractivity contribution is 0.577. The molecular weight excluding hydrogens is 376 g/mol. The molecule has 0 fully saturated rings. The van der Waals surface area contributed by atoms with Gasteiger partial charge in [-0.15, -0.1) is 0 Å². The van der Waals surface area contributed by atoms with Crippen LogP contribution < -0.4 is 10.8 Å². The predicted octanol–water partition coefficient (Wildman–Crippen LogP) is 3.88. The van der Waals surface area contributed by atoms with Crippen LogP contribution >= 0.6 is 0 Å². The smallest absolute Gasteiger partial charge is 0.172 e. The van der Waals surface area contributed by atoms with E-state index in [2.05, 4.69) is 0 Å². The zero-order valence-corrected chi connectivity index (χ0v) is 15.2. The van der Waals surface area contributed by atoms with Gasteiger partial charge in [0.25, 0.3) is 0 Å². The number of nitriles is 4. The van der Waals surface area contributed by atoms with Gasteiger partial charge in [-0.25, -0.2) is 0 Å². The summed E-state index contributed by atoms with van der Waals surface area (Å²) in [4.78, 5) is 0. The maximum atomic E-state index is 9.17. The Morgan fingerprint density at radius 1 is 0.567 bits per heavy atom. The summed E-state index contributed by atoms with van der Waals surface area (Å²) in [5, 5.41) is 41.8. The van der Waals surface area contributed by atoms with Gasteiger partial charge in [0.05, 0.1) is 0 Å². The van der Waals surface area contributed by atoms with Crippen molar-refractivity contribution in [2.24, 2.45) is 0 Å². The molecule has 0 amide bonds. The van der Waals surface area contributed by atoms with Crippen molar-refractivity contribution in [3.05, 3.63) is 59.4 Å². The third kappa shape index (κ3) is 2.33. The predicted molar refractivity (Wildman–Crippen MR) is 110 cm³/mol. The van der Waals surface area contributed by atoms with Gasteiger partial charge in [-0.3, -0.25) is 0 Å². The average Bonchev–Trinajstić information content (AvgIpc) is 3.37. The summed E-state index contributed by atoms with van der Waals surface area (Å²) in [6, 6.07) is 22.3. The first-order chi connectivity index (χ1) is 14.7. The van der Waals surface area contributed by atoms with Crippen LogP contribution in [0.1, 0.15) is 0 Å². The van der Waals surface area contributed by atoms with Crippen molar-refractivity contribution in [2.45, 2.75) is 0 Å². The van der Waals surface area contributed by atoms with Crippen LogP contribution in [0.25, 0.3) is 54.6 Å². The lowest BCUT2D eigenvalue weighted by Crippen LogP contribution is -1.97. The summed E-state index contributed by atoms with van der Waals surface area (Å²) < 4.78 is 11.5. The fraction of sp³-hybridized carbons (Fsp3) is 0. The molecule has 30 heavy (non-hydrogen) atoms. The molecule has 0 atom stereocenters. The van der Waals surface area contributed by atoms with E-state index in [-0.39, 0.29) is 22.0 Å². The van der Waals surface area contributed by atoms with Crippen molar-refractivity contribution in [2.75, 3.05) is 0 Å². The first-order valence-electron chi connectivity index (χ1n) is 8.84. The van der Waals surface area contributed by atoms with Crippen molar-refractivity contribution in [3.63, 3.8) is 0 Å². The van der Waals surface area contributed by atoms with Crippen LogP contribution in [0.15, 0.2) is 57.4 Å². The second kappa shape index (κ2) is 6.25. The molecule has 6 nitrogen and oxygen atoms in total. The molecule has 0 saturated heterocycles. The van der Waals surface area contributed by atoms with Gasteiger partial charge >= 0.3 is 0 Å². The monoisotopic (exact) mass is 384 g/mol. The van der Waals surface area contributed by atoms with Crippen molar-refractivity contribution < 1.29 is 8.83 Å². The van der Waals surface area contributed by atoms with E-state index in [1.165, 1.54) is 0 Å². The molecule has 0 saturated carbocycles. The molecule has 6 heteroatoms. The summed E-state index contributed by atoms with van der Waals surface area (Å²) in [5.41, 5.74) is 1.40. The minimum Gasteiger partial charge on any atom is -0.455 e. The Labute approximate surface area is 168 Å². The van der Waals surface area contributed by atoms with Crippen molar-refractivity contribution in [1.82, 2.24) is 0 Å². The second-order valence-corrected chi connectivity index (χ2v) is 6.67. The highest BCUT2D eigenvalue weighted by Gasteiger charge is 2.12. The lowest BCUT2D eigenvalue weighted by atomic mass is 9.98. The van der Waals surface area contributed by atoms with Crippen molar-refractivity contribution >= 4 is 54.6 Å². The van der Waals surface area contributed by atoms with E-state index in [9.17, 15) is 0 Å². The Kier molecular flexibility index (Phi) is 3.56. The third-order valence-corrected chi connectivity index (χ3v) is 5.07. The lowest BCUT2D eigenvalue weighted by Gasteiger charge is -2.05. The molecule has 5 rings (SSSR count). The SMILES string of the molecule is N#CC(C#N)=c1cc2cc3ccc4ccc5oc(=C(C#N)C#N)cc5c4c3cc2o1. The molecule has 0 unspecified atom stereocenters. The minimum atomic E-state index is -0.0891. The second-order valence-electron chi connectivity index (χ2n) is 6.67. The van der Waals surface area contributed by atoms with Gasteiger partial charge in [-0.2, -0.15) is 21.0 Å². The number of nitrogens with zero attached hydrogens (tertiary/aromatic N) is 4. The Balaban J connectivity index is 1.97. The number of hydrogen-bond acceptors (Lipinski definition) is 6. The molecular formula is C24H8N4O2. The molecule has 0 aliphatic carbocycles. The molecule has 0 radical (unpaired) electrons. The molecule has 136 valence electrons. The summed E-state index contributed by atoms with van der Waals surface area (Å²) in [7, 11) is 0. The molecule has 0 bridgehead atoms. The number of benzene rings is 3. The Morgan fingerprint density at radius 2 is 1.17 bits per heavy atom. The Bertz CT molecular complexity index is 1810. The van der Waals surface area contributed by atoms with Crippen molar-refractivity contribution in [3.8, 4) is 24.3 Å². The zero-order chi connectivity index (χ0) is 20.8. The van der Waals surface area contributed by atoms with Crippen molar-refractivity contribution in [1.29, 1.82) is 21.0 Å². The molecule has 0 N–H and O–H groups in total. The third-order valence-electron chi connectivity index (χ3n) is 5.07. The molecule has 0 aliphatic heterocycles. The highest BCUT2D eigenvalue weighted by molar-refractivity contribution is 6.21. The largest absolute Gasteiger partial charge is 0.455 e. The highest BCUT2D eigenvalue weighted by Crippen LogP contribution is 2.34. The van der Waals surface area contributed by atoms with E-state index in [4.69, 9.17) is 29.9 Å². The molecule has 2 heterocycles. The molecule has 0 aliphatic rings. The Hall–Kier alpha value is -5.04. The first-order valence-corrected chi connectivity index (χ1v) is 8.84. The minimum absolute atomic E-state index is 0.0851. The van der Waals surface area contributed by atoms with E-state index < -0.39 is 0 Å². The van der Waals surface area contributed by atoms with Crippen LogP contribution in [0.4, 0.5) is 0 Å². The van der Waals surface area contributed by atoms with Crippen LogP contribution in [-0.4, -0.2) is 0 Å². The number of furan rings is 2. The van der Waals surface area contributed by atoms with Crippen LogP contribution in [0.2, 0.25) is 0 Å². The summed E-state index contributed by atoms with van der Waals surface area (Å²) in [6.07, 6.45) is 0. The maximum absolute atomic E-state index is 9.17. The summed E-state index contributed by atoms with van der Waals surface area (Å²) >= 11 is 0. The molecule has 0 spiro atoms. The van der Waals surface area contributed by atoms with E-state index >= 15 is 0 Å². The maximum Gasteiger partial charge on any atom is 0.172 e. The summed E-state index contributed by atoms with van der Waals surface area (Å²) in [5.74, 6) is 0. The molecule has 2 aromatic heterocycles. The first kappa shape index (κ1) is 17.1. The topological polar surface area (TPSA) is 121 Å². The van der Waals surface area contributed by atoms with Gasteiger partial charge in [0.2, 0.25) is 0 Å². The van der Waals surface area contributed by atoms with Gasteiger partial charge in [-0.05, 0) is 46.5 Å². The highest BCUT2D eigenvalue weighted by atomic mass is 16.3. The van der Waals surface area contributed by atoms with Crippen LogP contribution in [0, 0.1) is 45.3 Å². The van der Waals surface area contributed by atoms with Crippen LogP contribution in [0.5, 0.6) is 0 Å².